The van der Waals surface area contributed by atoms with Crippen LogP contribution in [0.2, 0.25) is 0 Å². The first-order valence-electron chi connectivity index (χ1n) is 7.40. The van der Waals surface area contributed by atoms with E-state index < -0.39 is 18.8 Å². The van der Waals surface area contributed by atoms with Crippen molar-refractivity contribution in [3.05, 3.63) is 0 Å². The SMILES string of the molecule is CCNC(=NCC(O)C(F)(F)F)N1CCN(C2CC2)C(=O)C1.I. The van der Waals surface area contributed by atoms with Gasteiger partial charge in [0, 0.05) is 25.7 Å². The molecular formula is C13H22F3IN4O2. The quantitative estimate of drug-likeness (QED) is 0.378. The second kappa shape index (κ2) is 8.36. The van der Waals surface area contributed by atoms with Crippen LogP contribution in [0.3, 0.4) is 0 Å². The average molecular weight is 450 g/mol. The molecule has 2 N–H and O–H groups in total. The van der Waals surface area contributed by atoms with Gasteiger partial charge in [0.1, 0.15) is 0 Å². The van der Waals surface area contributed by atoms with E-state index in [-0.39, 0.29) is 42.4 Å². The van der Waals surface area contributed by atoms with E-state index in [9.17, 15) is 18.0 Å². The average Bonchev–Trinajstić information content (AvgIpc) is 3.26. The first kappa shape index (κ1) is 20.3. The van der Waals surface area contributed by atoms with Gasteiger partial charge in [-0.05, 0) is 19.8 Å². The van der Waals surface area contributed by atoms with E-state index in [1.54, 1.807) is 11.8 Å². The molecule has 0 aromatic rings. The van der Waals surface area contributed by atoms with Crippen molar-refractivity contribution in [2.45, 2.75) is 38.1 Å². The minimum Gasteiger partial charge on any atom is -0.382 e. The Morgan fingerprint density at radius 2 is 2.09 bits per heavy atom. The van der Waals surface area contributed by atoms with E-state index in [4.69, 9.17) is 5.11 Å². The number of nitrogens with zero attached hydrogens (tertiary/aromatic N) is 3. The maximum Gasteiger partial charge on any atom is 0.416 e. The lowest BCUT2D eigenvalue weighted by Gasteiger charge is -2.36. The fourth-order valence-corrected chi connectivity index (χ4v) is 2.34. The summed E-state index contributed by atoms with van der Waals surface area (Å²) in [5.74, 6) is 0.199. The number of halogens is 4. The molecule has 1 atom stereocenters. The Hall–Kier alpha value is -0.780. The Kier molecular flexibility index (Phi) is 7.36. The lowest BCUT2D eigenvalue weighted by molar-refractivity contribution is -0.199. The van der Waals surface area contributed by atoms with Crippen LogP contribution in [0, 0.1) is 0 Å². The van der Waals surface area contributed by atoms with Gasteiger partial charge in [-0.2, -0.15) is 13.2 Å². The summed E-state index contributed by atoms with van der Waals surface area (Å²) >= 11 is 0. The summed E-state index contributed by atoms with van der Waals surface area (Å²) in [4.78, 5) is 19.3. The van der Waals surface area contributed by atoms with E-state index in [1.807, 2.05) is 4.90 Å². The number of aliphatic hydroxyl groups is 1. The molecule has 1 aliphatic carbocycles. The fraction of sp³-hybridized carbons (Fsp3) is 0.846. The second-order valence-electron chi connectivity index (χ2n) is 5.49. The van der Waals surface area contributed by atoms with Crippen LogP contribution in [0.1, 0.15) is 19.8 Å². The standard InChI is InChI=1S/C13H21F3N4O2.HI/c1-2-17-12(18-7-10(21)13(14,15)16)19-5-6-20(9-3-4-9)11(22)8-19;/h9-10,21H,2-8H2,1H3,(H,17,18);1H. The topological polar surface area (TPSA) is 68.2 Å². The molecule has 1 saturated heterocycles. The fourth-order valence-electron chi connectivity index (χ4n) is 2.34. The Balaban J connectivity index is 0.00000264. The summed E-state index contributed by atoms with van der Waals surface area (Å²) in [6.45, 7) is 2.66. The Labute approximate surface area is 150 Å². The van der Waals surface area contributed by atoms with Gasteiger partial charge in [0.15, 0.2) is 12.1 Å². The molecular weight excluding hydrogens is 428 g/mol. The second-order valence-corrected chi connectivity index (χ2v) is 5.49. The molecule has 0 aromatic carbocycles. The third-order valence-corrected chi connectivity index (χ3v) is 3.67. The molecule has 2 rings (SSSR count). The van der Waals surface area contributed by atoms with Crippen LogP contribution in [-0.4, -0.2) is 77.8 Å². The van der Waals surface area contributed by atoms with Crippen molar-refractivity contribution in [1.29, 1.82) is 0 Å². The predicted octanol–water partition coefficient (Wildman–Crippen LogP) is 0.800. The highest BCUT2D eigenvalue weighted by Gasteiger charge is 2.39. The molecule has 1 saturated carbocycles. The van der Waals surface area contributed by atoms with Crippen molar-refractivity contribution >= 4 is 35.8 Å². The summed E-state index contributed by atoms with van der Waals surface area (Å²) < 4.78 is 37.0. The van der Waals surface area contributed by atoms with Gasteiger partial charge in [-0.15, -0.1) is 24.0 Å². The molecule has 2 fully saturated rings. The van der Waals surface area contributed by atoms with Gasteiger partial charge >= 0.3 is 6.18 Å². The van der Waals surface area contributed by atoms with Gasteiger partial charge in [-0.3, -0.25) is 9.79 Å². The van der Waals surface area contributed by atoms with E-state index >= 15 is 0 Å². The molecule has 0 bridgehead atoms. The van der Waals surface area contributed by atoms with Gasteiger partial charge in [0.25, 0.3) is 0 Å². The predicted molar refractivity (Wildman–Crippen MR) is 89.8 cm³/mol. The minimum atomic E-state index is -4.69. The van der Waals surface area contributed by atoms with E-state index in [0.29, 0.717) is 25.7 Å². The number of aliphatic imine (C=N–C) groups is 1. The molecule has 0 spiro atoms. The maximum atomic E-state index is 12.3. The molecule has 6 nitrogen and oxygen atoms in total. The van der Waals surface area contributed by atoms with E-state index in [2.05, 4.69) is 10.3 Å². The Bertz CT molecular complexity index is 443. The monoisotopic (exact) mass is 450 g/mol. The number of carbonyl (C=O) groups excluding carboxylic acids is 1. The zero-order valence-corrected chi connectivity index (χ0v) is 15.2. The zero-order chi connectivity index (χ0) is 16.3. The number of guanidine groups is 1. The van der Waals surface area contributed by atoms with Crippen molar-refractivity contribution in [2.75, 3.05) is 32.7 Å². The van der Waals surface area contributed by atoms with Crippen LogP contribution in [0.4, 0.5) is 13.2 Å². The third-order valence-electron chi connectivity index (χ3n) is 3.67. The van der Waals surface area contributed by atoms with Gasteiger partial charge < -0.3 is 20.2 Å². The van der Waals surface area contributed by atoms with Gasteiger partial charge in [0.2, 0.25) is 5.91 Å². The Morgan fingerprint density at radius 1 is 1.43 bits per heavy atom. The van der Waals surface area contributed by atoms with Crippen LogP contribution in [-0.2, 0) is 4.79 Å². The first-order chi connectivity index (χ1) is 10.3. The van der Waals surface area contributed by atoms with Crippen LogP contribution in [0.5, 0.6) is 0 Å². The number of hydrogen-bond donors (Lipinski definition) is 2. The summed E-state index contributed by atoms with van der Waals surface area (Å²) in [7, 11) is 0. The van der Waals surface area contributed by atoms with E-state index in [1.165, 1.54) is 0 Å². The highest BCUT2D eigenvalue weighted by Crippen LogP contribution is 2.28. The van der Waals surface area contributed by atoms with Crippen molar-refractivity contribution in [3.63, 3.8) is 0 Å². The molecule has 2 aliphatic rings. The van der Waals surface area contributed by atoms with E-state index in [0.717, 1.165) is 12.8 Å². The number of carbonyl (C=O) groups is 1. The number of aliphatic hydroxyl groups excluding tert-OH is 1. The third kappa shape index (κ3) is 5.66. The summed E-state index contributed by atoms with van der Waals surface area (Å²) in [6.07, 6.45) is -5.14. The molecule has 0 aromatic heterocycles. The van der Waals surface area contributed by atoms with Gasteiger partial charge in [0.05, 0.1) is 13.1 Å². The molecule has 1 aliphatic heterocycles. The van der Waals surface area contributed by atoms with Crippen molar-refractivity contribution < 1.29 is 23.1 Å². The minimum absolute atomic E-state index is 0. The van der Waals surface area contributed by atoms with Crippen LogP contribution in [0.15, 0.2) is 4.99 Å². The number of hydrogen-bond acceptors (Lipinski definition) is 3. The Morgan fingerprint density at radius 3 is 2.57 bits per heavy atom. The molecule has 1 heterocycles. The number of nitrogens with one attached hydrogen (secondary N) is 1. The van der Waals surface area contributed by atoms with Crippen LogP contribution >= 0.6 is 24.0 Å². The first-order valence-corrected chi connectivity index (χ1v) is 7.40. The number of amides is 1. The van der Waals surface area contributed by atoms with Crippen molar-refractivity contribution in [3.8, 4) is 0 Å². The van der Waals surface area contributed by atoms with Gasteiger partial charge in [-0.25, -0.2) is 0 Å². The smallest absolute Gasteiger partial charge is 0.382 e. The zero-order valence-electron chi connectivity index (χ0n) is 12.8. The number of piperazine rings is 1. The molecule has 0 radical (unpaired) electrons. The normalized spacial score (nSPS) is 21.1. The highest BCUT2D eigenvalue weighted by molar-refractivity contribution is 14.0. The maximum absolute atomic E-state index is 12.3. The lowest BCUT2D eigenvalue weighted by atomic mass is 10.3. The van der Waals surface area contributed by atoms with Crippen LogP contribution < -0.4 is 5.32 Å². The lowest BCUT2D eigenvalue weighted by Crippen LogP contribution is -2.56. The molecule has 1 unspecified atom stereocenters. The van der Waals surface area contributed by atoms with Crippen molar-refractivity contribution in [2.24, 2.45) is 4.99 Å². The van der Waals surface area contributed by atoms with Gasteiger partial charge in [-0.1, -0.05) is 0 Å². The largest absolute Gasteiger partial charge is 0.416 e. The summed E-state index contributed by atoms with van der Waals surface area (Å²) in [5, 5.41) is 11.9. The van der Waals surface area contributed by atoms with Crippen LogP contribution in [0.25, 0.3) is 0 Å². The van der Waals surface area contributed by atoms with Crippen molar-refractivity contribution in [1.82, 2.24) is 15.1 Å². The molecule has 1 amide bonds. The molecule has 134 valence electrons. The summed E-state index contributed by atoms with van der Waals surface area (Å²) in [6, 6.07) is 0.334. The summed E-state index contributed by atoms with van der Waals surface area (Å²) in [5.41, 5.74) is 0. The number of alkyl halides is 3. The molecule has 23 heavy (non-hydrogen) atoms. The number of rotatable bonds is 4. The molecule has 10 heteroatoms. The highest BCUT2D eigenvalue weighted by atomic mass is 127.